The fourth-order valence-electron chi connectivity index (χ4n) is 2.80. The number of thioether (sulfide) groups is 1. The van der Waals surface area contributed by atoms with Crippen molar-refractivity contribution in [3.05, 3.63) is 46.5 Å². The van der Waals surface area contributed by atoms with Crippen LogP contribution in [0, 0.1) is 24.2 Å². The number of nitrogens with one attached hydrogen (secondary N) is 1. The second-order valence-electron chi connectivity index (χ2n) is 6.91. The maximum absolute atomic E-state index is 12.5. The molecule has 6 nitrogen and oxygen atoms in total. The van der Waals surface area contributed by atoms with E-state index in [2.05, 4.69) is 16.4 Å². The molecule has 1 amide bonds. The summed E-state index contributed by atoms with van der Waals surface area (Å²) in [6.45, 7) is 3.24. The van der Waals surface area contributed by atoms with Crippen molar-refractivity contribution in [2.45, 2.75) is 42.3 Å². The molecule has 1 aromatic heterocycles. The van der Waals surface area contributed by atoms with Gasteiger partial charge in [-0.15, -0.1) is 11.3 Å². The van der Waals surface area contributed by atoms with E-state index >= 15 is 0 Å². The summed E-state index contributed by atoms with van der Waals surface area (Å²) < 4.78 is 6.14. The fourth-order valence-corrected chi connectivity index (χ4v) is 4.65. The van der Waals surface area contributed by atoms with Crippen molar-refractivity contribution in [1.29, 1.82) is 5.26 Å². The molecule has 1 saturated carbocycles. The van der Waals surface area contributed by atoms with E-state index in [1.54, 1.807) is 42.2 Å². The second kappa shape index (κ2) is 8.76. The molecule has 0 unspecified atom stereocenters. The fraction of sp³-hybridized carbons (Fsp3) is 0.400. The SMILES string of the molecule is Cc1csc(SCc2ccccc2C(=O)OCC(=O)N[C@@](C)(C#N)C2CC2)n1. The van der Waals surface area contributed by atoms with Crippen LogP contribution in [0.1, 0.15) is 41.4 Å². The Bertz CT molecular complexity index is 917. The van der Waals surface area contributed by atoms with E-state index in [4.69, 9.17) is 4.74 Å². The summed E-state index contributed by atoms with van der Waals surface area (Å²) in [5.41, 5.74) is 1.33. The highest BCUT2D eigenvalue weighted by Gasteiger charge is 2.43. The van der Waals surface area contributed by atoms with Crippen molar-refractivity contribution in [2.75, 3.05) is 6.61 Å². The lowest BCUT2D eigenvalue weighted by atomic mass is 9.98. The lowest BCUT2D eigenvalue weighted by Crippen LogP contribution is -2.48. The number of nitrogens with zero attached hydrogens (tertiary/aromatic N) is 2. The summed E-state index contributed by atoms with van der Waals surface area (Å²) in [5.74, 6) is -0.260. The van der Waals surface area contributed by atoms with Crippen molar-refractivity contribution in [1.82, 2.24) is 10.3 Å². The average molecular weight is 416 g/mol. The molecule has 0 radical (unpaired) electrons. The second-order valence-corrected chi connectivity index (χ2v) is 8.99. The number of thiazole rings is 1. The van der Waals surface area contributed by atoms with Crippen molar-refractivity contribution in [2.24, 2.45) is 5.92 Å². The minimum absolute atomic E-state index is 0.171. The molecule has 1 aromatic carbocycles. The van der Waals surface area contributed by atoms with Crippen molar-refractivity contribution in [3.63, 3.8) is 0 Å². The molecule has 3 rings (SSSR count). The first-order chi connectivity index (χ1) is 13.4. The largest absolute Gasteiger partial charge is 0.452 e. The first-order valence-electron chi connectivity index (χ1n) is 8.93. The number of aryl methyl sites for hydroxylation is 1. The van der Waals surface area contributed by atoms with E-state index < -0.39 is 24.0 Å². The summed E-state index contributed by atoms with van der Waals surface area (Å²) in [6.07, 6.45) is 1.85. The third kappa shape index (κ3) is 5.12. The van der Waals surface area contributed by atoms with Gasteiger partial charge in [0.2, 0.25) is 0 Å². The number of amides is 1. The van der Waals surface area contributed by atoms with Gasteiger partial charge in [0.1, 0.15) is 9.88 Å². The molecule has 0 bridgehead atoms. The Kier molecular flexibility index (Phi) is 6.37. The van der Waals surface area contributed by atoms with E-state index in [0.717, 1.165) is 28.4 Å². The van der Waals surface area contributed by atoms with Crippen molar-refractivity contribution in [3.8, 4) is 6.07 Å². The monoisotopic (exact) mass is 415 g/mol. The zero-order valence-corrected chi connectivity index (χ0v) is 17.4. The summed E-state index contributed by atoms with van der Waals surface area (Å²) in [7, 11) is 0. The summed E-state index contributed by atoms with van der Waals surface area (Å²) in [4.78, 5) is 29.0. The van der Waals surface area contributed by atoms with Crippen LogP contribution >= 0.6 is 23.1 Å². The Morgan fingerprint density at radius 2 is 2.18 bits per heavy atom. The number of rotatable bonds is 8. The van der Waals surface area contributed by atoms with Gasteiger partial charge in [0.25, 0.3) is 5.91 Å². The Balaban J connectivity index is 1.56. The Labute approximate surface area is 172 Å². The van der Waals surface area contributed by atoms with Crippen molar-refractivity contribution >= 4 is 35.0 Å². The third-order valence-electron chi connectivity index (χ3n) is 4.55. The zero-order valence-electron chi connectivity index (χ0n) is 15.7. The van der Waals surface area contributed by atoms with E-state index in [1.807, 2.05) is 24.4 Å². The molecular weight excluding hydrogens is 394 g/mol. The zero-order chi connectivity index (χ0) is 20.1. The highest BCUT2D eigenvalue weighted by molar-refractivity contribution is 8.00. The van der Waals surface area contributed by atoms with Gasteiger partial charge >= 0.3 is 5.97 Å². The van der Waals surface area contributed by atoms with Gasteiger partial charge in [-0.3, -0.25) is 4.79 Å². The average Bonchev–Trinajstić information content (AvgIpc) is 3.47. The number of aromatic nitrogens is 1. The van der Waals surface area contributed by atoms with Gasteiger partial charge in [0.15, 0.2) is 6.61 Å². The van der Waals surface area contributed by atoms with Crippen LogP contribution in [0.2, 0.25) is 0 Å². The number of benzene rings is 1. The van der Waals surface area contributed by atoms with Crippen LogP contribution in [-0.4, -0.2) is 29.0 Å². The smallest absolute Gasteiger partial charge is 0.338 e. The van der Waals surface area contributed by atoms with Crippen LogP contribution in [0.4, 0.5) is 0 Å². The minimum atomic E-state index is -0.899. The number of carbonyl (C=O) groups excluding carboxylic acids is 2. The molecule has 1 aliphatic rings. The molecular formula is C20H21N3O3S2. The molecule has 1 aliphatic carbocycles. The molecule has 1 heterocycles. The molecule has 1 atom stereocenters. The predicted octanol–water partition coefficient (Wildman–Crippen LogP) is 3.71. The summed E-state index contributed by atoms with van der Waals surface area (Å²) in [6, 6.07) is 9.33. The standard InChI is InChI=1S/C20H21N3O3S2/c1-13-10-27-19(22-13)28-11-14-5-3-4-6-16(14)18(25)26-9-17(24)23-20(2,12-21)15-7-8-15/h3-6,10,15H,7-9,11H2,1-2H3,(H,23,24)/t20-/m0/s1. The van der Waals surface area contributed by atoms with Gasteiger partial charge in [-0.2, -0.15) is 5.26 Å². The molecule has 1 fully saturated rings. The number of carbonyl (C=O) groups is 2. The molecule has 2 aromatic rings. The first kappa shape index (κ1) is 20.4. The van der Waals surface area contributed by atoms with Crippen LogP contribution in [0.15, 0.2) is 34.0 Å². The molecule has 28 heavy (non-hydrogen) atoms. The van der Waals surface area contributed by atoms with Crippen LogP contribution in [-0.2, 0) is 15.3 Å². The maximum atomic E-state index is 12.5. The maximum Gasteiger partial charge on any atom is 0.338 e. The predicted molar refractivity (Wildman–Crippen MR) is 108 cm³/mol. The van der Waals surface area contributed by atoms with Gasteiger partial charge in [-0.1, -0.05) is 30.0 Å². The number of hydrogen-bond donors (Lipinski definition) is 1. The number of nitriles is 1. The van der Waals surface area contributed by atoms with E-state index in [1.165, 1.54) is 0 Å². The van der Waals surface area contributed by atoms with Crippen LogP contribution < -0.4 is 5.32 Å². The molecule has 8 heteroatoms. The van der Waals surface area contributed by atoms with E-state index in [-0.39, 0.29) is 5.92 Å². The Morgan fingerprint density at radius 3 is 2.82 bits per heavy atom. The van der Waals surface area contributed by atoms with Gasteiger partial charge in [0, 0.05) is 16.8 Å². The quantitative estimate of drug-likeness (QED) is 0.522. The molecule has 1 N–H and O–H groups in total. The first-order valence-corrected chi connectivity index (χ1v) is 10.8. The van der Waals surface area contributed by atoms with Crippen LogP contribution in [0.25, 0.3) is 0 Å². The minimum Gasteiger partial charge on any atom is -0.452 e. The Morgan fingerprint density at radius 1 is 1.43 bits per heavy atom. The Hall–Kier alpha value is -2.37. The van der Waals surface area contributed by atoms with Gasteiger partial charge in [0.05, 0.1) is 11.6 Å². The molecule has 0 saturated heterocycles. The summed E-state index contributed by atoms with van der Waals surface area (Å²) >= 11 is 3.12. The van der Waals surface area contributed by atoms with E-state index in [0.29, 0.717) is 11.3 Å². The number of esters is 1. The normalized spacial score (nSPS) is 15.3. The lowest BCUT2D eigenvalue weighted by Gasteiger charge is -2.22. The molecule has 0 aliphatic heterocycles. The van der Waals surface area contributed by atoms with E-state index in [9.17, 15) is 14.9 Å². The third-order valence-corrected chi connectivity index (χ3v) is 6.73. The van der Waals surface area contributed by atoms with Gasteiger partial charge in [-0.05, 0) is 44.2 Å². The lowest BCUT2D eigenvalue weighted by molar-refractivity contribution is -0.125. The van der Waals surface area contributed by atoms with Crippen LogP contribution in [0.5, 0.6) is 0 Å². The van der Waals surface area contributed by atoms with Gasteiger partial charge in [-0.25, -0.2) is 9.78 Å². The number of ether oxygens (including phenoxy) is 1. The topological polar surface area (TPSA) is 92.1 Å². The van der Waals surface area contributed by atoms with Crippen LogP contribution in [0.3, 0.4) is 0 Å². The molecule has 146 valence electrons. The van der Waals surface area contributed by atoms with Crippen molar-refractivity contribution < 1.29 is 14.3 Å². The highest BCUT2D eigenvalue weighted by atomic mass is 32.2. The molecule has 0 spiro atoms. The number of hydrogen-bond acceptors (Lipinski definition) is 7. The van der Waals surface area contributed by atoms with Gasteiger partial charge < -0.3 is 10.1 Å². The highest BCUT2D eigenvalue weighted by Crippen LogP contribution is 2.39. The summed E-state index contributed by atoms with van der Waals surface area (Å²) in [5, 5.41) is 14.0.